The smallest absolute Gasteiger partial charge is 0.239 e. The van der Waals surface area contributed by atoms with Gasteiger partial charge in [-0.2, -0.15) is 4.98 Å². The standard InChI is InChI=1S/C13H14Cl2N4/c1-7-5-8(6-19-12(7)17-13(16)18-19)9-3-2-4-10(14)11(9)15/h2-4,7-8H,5-6H2,1H3,(H2,16,18). The lowest BCUT2D eigenvalue weighted by Crippen LogP contribution is -2.22. The summed E-state index contributed by atoms with van der Waals surface area (Å²) >= 11 is 12.4. The highest BCUT2D eigenvalue weighted by Gasteiger charge is 2.29. The first-order valence-corrected chi connectivity index (χ1v) is 6.96. The SMILES string of the molecule is CC1CC(c2cccc(Cl)c2Cl)Cn2nc(N)nc21. The zero-order valence-corrected chi connectivity index (χ0v) is 12.0. The Labute approximate surface area is 121 Å². The maximum Gasteiger partial charge on any atom is 0.239 e. The predicted octanol–water partition coefficient (Wildman–Crippen LogP) is 3.46. The second kappa shape index (κ2) is 4.69. The summed E-state index contributed by atoms with van der Waals surface area (Å²) in [6.07, 6.45) is 0.970. The first-order valence-electron chi connectivity index (χ1n) is 6.20. The first kappa shape index (κ1) is 12.8. The van der Waals surface area contributed by atoms with E-state index in [1.165, 1.54) is 0 Å². The van der Waals surface area contributed by atoms with Crippen LogP contribution < -0.4 is 5.73 Å². The van der Waals surface area contributed by atoms with Crippen molar-refractivity contribution in [1.82, 2.24) is 14.8 Å². The van der Waals surface area contributed by atoms with Gasteiger partial charge in [-0.05, 0) is 18.1 Å². The second-order valence-electron chi connectivity index (χ2n) is 4.99. The Morgan fingerprint density at radius 1 is 1.37 bits per heavy atom. The van der Waals surface area contributed by atoms with Crippen LogP contribution in [0.4, 0.5) is 5.95 Å². The minimum Gasteiger partial charge on any atom is -0.366 e. The number of aromatic nitrogens is 3. The second-order valence-corrected chi connectivity index (χ2v) is 5.77. The lowest BCUT2D eigenvalue weighted by atomic mass is 9.86. The number of nitrogens with zero attached hydrogens (tertiary/aromatic N) is 3. The first-order chi connectivity index (χ1) is 9.06. The molecule has 0 radical (unpaired) electrons. The molecule has 2 aromatic rings. The van der Waals surface area contributed by atoms with Gasteiger partial charge in [0.15, 0.2) is 0 Å². The highest BCUT2D eigenvalue weighted by molar-refractivity contribution is 6.42. The molecule has 0 fully saturated rings. The molecule has 1 aliphatic rings. The van der Waals surface area contributed by atoms with E-state index in [1.54, 1.807) is 6.07 Å². The van der Waals surface area contributed by atoms with Gasteiger partial charge >= 0.3 is 0 Å². The van der Waals surface area contributed by atoms with E-state index in [0.29, 0.717) is 21.9 Å². The van der Waals surface area contributed by atoms with Crippen molar-refractivity contribution < 1.29 is 0 Å². The van der Waals surface area contributed by atoms with E-state index in [0.717, 1.165) is 24.4 Å². The molecule has 3 rings (SSSR count). The molecule has 0 amide bonds. The monoisotopic (exact) mass is 296 g/mol. The van der Waals surface area contributed by atoms with Crippen molar-refractivity contribution in [2.24, 2.45) is 0 Å². The summed E-state index contributed by atoms with van der Waals surface area (Å²) in [4.78, 5) is 4.27. The molecule has 1 aromatic carbocycles. The molecule has 2 unspecified atom stereocenters. The van der Waals surface area contributed by atoms with Crippen LogP contribution in [0.15, 0.2) is 18.2 Å². The summed E-state index contributed by atoms with van der Waals surface area (Å²) in [5.74, 6) is 1.87. The highest BCUT2D eigenvalue weighted by atomic mass is 35.5. The number of halogens is 2. The molecule has 6 heteroatoms. The molecule has 100 valence electrons. The number of nitrogen functional groups attached to an aromatic ring is 1. The molecule has 2 heterocycles. The minimum atomic E-state index is 0.287. The van der Waals surface area contributed by atoms with Gasteiger partial charge in [-0.1, -0.05) is 42.3 Å². The average Bonchev–Trinajstić information content (AvgIpc) is 2.74. The van der Waals surface area contributed by atoms with Crippen LogP contribution in [0.2, 0.25) is 10.0 Å². The van der Waals surface area contributed by atoms with Gasteiger partial charge in [-0.25, -0.2) is 4.68 Å². The van der Waals surface area contributed by atoms with Crippen molar-refractivity contribution in [3.05, 3.63) is 39.6 Å². The highest BCUT2D eigenvalue weighted by Crippen LogP contribution is 2.39. The molecule has 4 nitrogen and oxygen atoms in total. The van der Waals surface area contributed by atoms with Gasteiger partial charge < -0.3 is 5.73 Å². The van der Waals surface area contributed by atoms with Gasteiger partial charge in [0.2, 0.25) is 5.95 Å². The van der Waals surface area contributed by atoms with Crippen molar-refractivity contribution in [3.8, 4) is 0 Å². The average molecular weight is 297 g/mol. The molecular formula is C13H14Cl2N4. The Morgan fingerprint density at radius 3 is 2.95 bits per heavy atom. The zero-order chi connectivity index (χ0) is 13.6. The van der Waals surface area contributed by atoms with Gasteiger partial charge in [0.05, 0.1) is 16.6 Å². The lowest BCUT2D eigenvalue weighted by molar-refractivity contribution is 0.383. The van der Waals surface area contributed by atoms with Crippen LogP contribution in [0.5, 0.6) is 0 Å². The van der Waals surface area contributed by atoms with E-state index in [4.69, 9.17) is 28.9 Å². The number of hydrogen-bond donors (Lipinski definition) is 1. The molecule has 1 aromatic heterocycles. The fourth-order valence-electron chi connectivity index (χ4n) is 2.75. The van der Waals surface area contributed by atoms with Crippen LogP contribution in [0, 0.1) is 0 Å². The Kier molecular flexibility index (Phi) is 3.15. The summed E-state index contributed by atoms with van der Waals surface area (Å²) < 4.78 is 1.88. The van der Waals surface area contributed by atoms with E-state index in [-0.39, 0.29) is 5.92 Å². The van der Waals surface area contributed by atoms with Crippen LogP contribution in [0.25, 0.3) is 0 Å². The fourth-order valence-corrected chi connectivity index (χ4v) is 3.21. The molecule has 0 bridgehead atoms. The quantitative estimate of drug-likeness (QED) is 0.877. The maximum absolute atomic E-state index is 6.30. The molecule has 0 aliphatic carbocycles. The summed E-state index contributed by atoms with van der Waals surface area (Å²) in [5.41, 5.74) is 6.74. The van der Waals surface area contributed by atoms with Crippen molar-refractivity contribution in [2.75, 3.05) is 5.73 Å². The van der Waals surface area contributed by atoms with Crippen LogP contribution in [-0.2, 0) is 6.54 Å². The number of rotatable bonds is 1. The van der Waals surface area contributed by atoms with Gasteiger partial charge in [0.1, 0.15) is 5.82 Å². The Hall–Kier alpha value is -1.26. The molecule has 0 spiro atoms. The topological polar surface area (TPSA) is 56.7 Å². The van der Waals surface area contributed by atoms with E-state index in [2.05, 4.69) is 17.0 Å². The molecule has 19 heavy (non-hydrogen) atoms. The molecule has 0 saturated heterocycles. The number of anilines is 1. The lowest BCUT2D eigenvalue weighted by Gasteiger charge is -2.28. The fraction of sp³-hybridized carbons (Fsp3) is 0.385. The third kappa shape index (κ3) is 2.19. The van der Waals surface area contributed by atoms with Gasteiger partial charge in [-0.15, -0.1) is 5.10 Å². The molecule has 2 atom stereocenters. The third-order valence-electron chi connectivity index (χ3n) is 3.61. The number of nitrogens with two attached hydrogens (primary N) is 1. The van der Waals surface area contributed by atoms with Crippen molar-refractivity contribution in [1.29, 1.82) is 0 Å². The summed E-state index contributed by atoms with van der Waals surface area (Å²) in [5, 5.41) is 5.47. The van der Waals surface area contributed by atoms with E-state index < -0.39 is 0 Å². The predicted molar refractivity (Wildman–Crippen MR) is 76.7 cm³/mol. The Morgan fingerprint density at radius 2 is 2.16 bits per heavy atom. The van der Waals surface area contributed by atoms with Crippen molar-refractivity contribution in [2.45, 2.75) is 31.7 Å². The number of benzene rings is 1. The van der Waals surface area contributed by atoms with Gasteiger partial charge in [-0.3, -0.25) is 0 Å². The van der Waals surface area contributed by atoms with E-state index >= 15 is 0 Å². The third-order valence-corrected chi connectivity index (χ3v) is 4.44. The van der Waals surface area contributed by atoms with Crippen LogP contribution >= 0.6 is 23.2 Å². The summed E-state index contributed by atoms with van der Waals surface area (Å²) in [6.45, 7) is 2.87. The number of fused-ring (bicyclic) bond motifs is 1. The molecule has 1 aliphatic heterocycles. The molecular weight excluding hydrogens is 283 g/mol. The van der Waals surface area contributed by atoms with Crippen molar-refractivity contribution >= 4 is 29.2 Å². The minimum absolute atomic E-state index is 0.287. The van der Waals surface area contributed by atoms with Crippen molar-refractivity contribution in [3.63, 3.8) is 0 Å². The summed E-state index contributed by atoms with van der Waals surface area (Å²) in [6, 6.07) is 5.76. The molecule has 0 saturated carbocycles. The van der Waals surface area contributed by atoms with Gasteiger partial charge in [0.25, 0.3) is 0 Å². The maximum atomic E-state index is 6.30. The van der Waals surface area contributed by atoms with Gasteiger partial charge in [0, 0.05) is 11.8 Å². The Bertz CT molecular complexity index is 623. The summed E-state index contributed by atoms with van der Waals surface area (Å²) in [7, 11) is 0. The van der Waals surface area contributed by atoms with E-state index in [1.807, 2.05) is 16.8 Å². The van der Waals surface area contributed by atoms with Crippen LogP contribution in [-0.4, -0.2) is 14.8 Å². The number of hydrogen-bond acceptors (Lipinski definition) is 3. The zero-order valence-electron chi connectivity index (χ0n) is 10.5. The molecule has 2 N–H and O–H groups in total. The Balaban J connectivity index is 1.99. The normalized spacial score (nSPS) is 22.3. The van der Waals surface area contributed by atoms with E-state index in [9.17, 15) is 0 Å². The largest absolute Gasteiger partial charge is 0.366 e. The van der Waals surface area contributed by atoms with Crippen LogP contribution in [0.3, 0.4) is 0 Å². The van der Waals surface area contributed by atoms with Crippen LogP contribution in [0.1, 0.15) is 36.6 Å².